The van der Waals surface area contributed by atoms with E-state index in [0.717, 1.165) is 12.0 Å². The second-order valence-electron chi connectivity index (χ2n) is 4.36. The molecule has 0 aromatic heterocycles. The maximum absolute atomic E-state index is 12.0. The van der Waals surface area contributed by atoms with Gasteiger partial charge in [-0.15, -0.1) is 0 Å². The lowest BCUT2D eigenvalue weighted by molar-refractivity contribution is -0.146. The highest BCUT2D eigenvalue weighted by molar-refractivity contribution is 7.99. The predicted octanol–water partition coefficient (Wildman–Crippen LogP) is 2.55. The van der Waals surface area contributed by atoms with Crippen LogP contribution in [0.4, 0.5) is 0 Å². The molecule has 1 aromatic rings. The van der Waals surface area contributed by atoms with E-state index in [1.165, 1.54) is 7.11 Å². The molecule has 1 rings (SSSR count). The summed E-state index contributed by atoms with van der Waals surface area (Å²) in [6, 6.07) is 9.41. The van der Waals surface area contributed by atoms with Gasteiger partial charge in [0.25, 0.3) is 0 Å². The van der Waals surface area contributed by atoms with E-state index >= 15 is 0 Å². The minimum absolute atomic E-state index is 0.385. The van der Waals surface area contributed by atoms with Crippen LogP contribution < -0.4 is 5.73 Å². The predicted molar refractivity (Wildman–Crippen MR) is 76.5 cm³/mol. The Kier molecular flexibility index (Phi) is 5.69. The zero-order chi connectivity index (χ0) is 13.6. The van der Waals surface area contributed by atoms with Crippen LogP contribution in [0.2, 0.25) is 0 Å². The first kappa shape index (κ1) is 15.1. The molecule has 2 atom stereocenters. The topological polar surface area (TPSA) is 52.3 Å². The van der Waals surface area contributed by atoms with Gasteiger partial charge in [0, 0.05) is 11.0 Å². The number of ether oxygens (including phenoxy) is 1. The van der Waals surface area contributed by atoms with E-state index in [-0.39, 0.29) is 5.97 Å². The van der Waals surface area contributed by atoms with Crippen molar-refractivity contribution in [2.24, 2.45) is 5.73 Å². The molecule has 0 spiro atoms. The number of thioether (sulfide) groups is 1. The van der Waals surface area contributed by atoms with Gasteiger partial charge in [-0.2, -0.15) is 11.8 Å². The Morgan fingerprint density at radius 2 is 2.06 bits per heavy atom. The molecule has 1 aromatic carbocycles. The van der Waals surface area contributed by atoms with E-state index in [4.69, 9.17) is 10.5 Å². The van der Waals surface area contributed by atoms with Gasteiger partial charge in [0.1, 0.15) is 5.54 Å². The fourth-order valence-corrected chi connectivity index (χ4v) is 2.64. The fraction of sp³-hybridized carbons (Fsp3) is 0.500. The summed E-state index contributed by atoms with van der Waals surface area (Å²) in [6.07, 6.45) is 1.05. The van der Waals surface area contributed by atoms with Crippen LogP contribution in [0.3, 0.4) is 0 Å². The van der Waals surface area contributed by atoms with E-state index in [0.29, 0.717) is 11.0 Å². The number of rotatable bonds is 6. The lowest BCUT2D eigenvalue weighted by atomic mass is 9.93. The van der Waals surface area contributed by atoms with E-state index in [1.807, 2.05) is 30.3 Å². The summed E-state index contributed by atoms with van der Waals surface area (Å²) >= 11 is 1.70. The van der Waals surface area contributed by atoms with E-state index in [2.05, 4.69) is 13.8 Å². The van der Waals surface area contributed by atoms with Crippen LogP contribution in [-0.2, 0) is 15.1 Å². The lowest BCUT2D eigenvalue weighted by Gasteiger charge is -2.27. The summed E-state index contributed by atoms with van der Waals surface area (Å²) in [7, 11) is 1.38. The third-order valence-electron chi connectivity index (χ3n) is 3.01. The molecule has 0 saturated heterocycles. The maximum atomic E-state index is 12.0. The molecule has 18 heavy (non-hydrogen) atoms. The third-order valence-corrected chi connectivity index (χ3v) is 4.53. The second kappa shape index (κ2) is 6.81. The zero-order valence-corrected chi connectivity index (χ0v) is 12.0. The molecule has 4 heteroatoms. The molecule has 0 bridgehead atoms. The van der Waals surface area contributed by atoms with Crippen molar-refractivity contribution in [2.75, 3.05) is 12.9 Å². The number of carbonyl (C=O) groups is 1. The largest absolute Gasteiger partial charge is 0.467 e. The fourth-order valence-electron chi connectivity index (χ4n) is 1.57. The summed E-state index contributed by atoms with van der Waals surface area (Å²) in [6.45, 7) is 4.25. The second-order valence-corrected chi connectivity index (χ2v) is 5.79. The molecule has 0 amide bonds. The number of carbonyl (C=O) groups excluding carboxylic acids is 1. The van der Waals surface area contributed by atoms with E-state index < -0.39 is 5.54 Å². The Balaban J connectivity index is 2.93. The monoisotopic (exact) mass is 267 g/mol. The van der Waals surface area contributed by atoms with Crippen molar-refractivity contribution in [3.05, 3.63) is 35.9 Å². The SMILES string of the molecule is CCC(C)SCC(N)(C(=O)OC)c1ccccc1. The molecule has 0 fully saturated rings. The summed E-state index contributed by atoms with van der Waals surface area (Å²) < 4.78 is 4.86. The molecule has 0 saturated carbocycles. The average Bonchev–Trinajstić information content (AvgIpc) is 2.44. The number of esters is 1. The highest BCUT2D eigenvalue weighted by Crippen LogP contribution is 2.27. The van der Waals surface area contributed by atoms with E-state index in [1.54, 1.807) is 11.8 Å². The first-order valence-corrected chi connectivity index (χ1v) is 7.14. The standard InChI is InChI=1S/C14H21NO2S/c1-4-11(2)18-10-14(15,13(16)17-3)12-8-6-5-7-9-12/h5-9,11H,4,10,15H2,1-3H3. The van der Waals surface area contributed by atoms with Crippen LogP contribution in [0.25, 0.3) is 0 Å². The number of hydrogen-bond acceptors (Lipinski definition) is 4. The average molecular weight is 267 g/mol. The molecule has 2 N–H and O–H groups in total. The van der Waals surface area contributed by atoms with Crippen LogP contribution in [0.1, 0.15) is 25.8 Å². The highest BCUT2D eigenvalue weighted by Gasteiger charge is 2.37. The third kappa shape index (κ3) is 3.50. The van der Waals surface area contributed by atoms with Crippen molar-refractivity contribution in [2.45, 2.75) is 31.1 Å². The van der Waals surface area contributed by atoms with Crippen molar-refractivity contribution in [3.8, 4) is 0 Å². The van der Waals surface area contributed by atoms with Crippen LogP contribution in [0, 0.1) is 0 Å². The number of methoxy groups -OCH3 is 1. The minimum Gasteiger partial charge on any atom is -0.467 e. The van der Waals surface area contributed by atoms with Gasteiger partial charge in [0.2, 0.25) is 0 Å². The first-order chi connectivity index (χ1) is 8.54. The van der Waals surface area contributed by atoms with Crippen LogP contribution >= 0.6 is 11.8 Å². The van der Waals surface area contributed by atoms with E-state index in [9.17, 15) is 4.79 Å². The van der Waals surface area contributed by atoms with Gasteiger partial charge in [0.15, 0.2) is 0 Å². The van der Waals surface area contributed by atoms with Crippen molar-refractivity contribution in [3.63, 3.8) is 0 Å². The molecule has 3 nitrogen and oxygen atoms in total. The van der Waals surface area contributed by atoms with Gasteiger partial charge in [0.05, 0.1) is 7.11 Å². The summed E-state index contributed by atoms with van der Waals surface area (Å²) in [4.78, 5) is 12.0. The molecule has 0 radical (unpaired) electrons. The van der Waals surface area contributed by atoms with Crippen LogP contribution in [0.15, 0.2) is 30.3 Å². The molecule has 2 unspecified atom stereocenters. The van der Waals surface area contributed by atoms with Crippen LogP contribution in [-0.4, -0.2) is 24.1 Å². The van der Waals surface area contributed by atoms with Gasteiger partial charge < -0.3 is 10.5 Å². The number of benzene rings is 1. The van der Waals surface area contributed by atoms with Crippen molar-refractivity contribution >= 4 is 17.7 Å². The van der Waals surface area contributed by atoms with Gasteiger partial charge in [-0.25, -0.2) is 4.79 Å². The molecular formula is C14H21NO2S. The van der Waals surface area contributed by atoms with Crippen molar-refractivity contribution in [1.29, 1.82) is 0 Å². The van der Waals surface area contributed by atoms with Crippen LogP contribution in [0.5, 0.6) is 0 Å². The molecular weight excluding hydrogens is 246 g/mol. The normalized spacial score (nSPS) is 15.8. The number of hydrogen-bond donors (Lipinski definition) is 1. The summed E-state index contributed by atoms with van der Waals surface area (Å²) in [5.74, 6) is 0.142. The van der Waals surface area contributed by atoms with Gasteiger partial charge in [-0.3, -0.25) is 0 Å². The zero-order valence-electron chi connectivity index (χ0n) is 11.2. The van der Waals surface area contributed by atoms with Crippen molar-refractivity contribution < 1.29 is 9.53 Å². The molecule has 0 aliphatic carbocycles. The summed E-state index contributed by atoms with van der Waals surface area (Å²) in [5, 5.41) is 0.473. The van der Waals surface area contributed by atoms with Gasteiger partial charge in [-0.1, -0.05) is 44.2 Å². The summed E-state index contributed by atoms with van der Waals surface area (Å²) in [5.41, 5.74) is 6.01. The quantitative estimate of drug-likeness (QED) is 0.805. The Morgan fingerprint density at radius 1 is 1.44 bits per heavy atom. The highest BCUT2D eigenvalue weighted by atomic mass is 32.2. The smallest absolute Gasteiger partial charge is 0.331 e. The van der Waals surface area contributed by atoms with Crippen molar-refractivity contribution in [1.82, 2.24) is 0 Å². The minimum atomic E-state index is -1.07. The Morgan fingerprint density at radius 3 is 2.56 bits per heavy atom. The molecule has 0 aliphatic rings. The number of nitrogens with two attached hydrogens (primary N) is 1. The Hall–Kier alpha value is -1.00. The van der Waals surface area contributed by atoms with Gasteiger partial charge in [-0.05, 0) is 12.0 Å². The first-order valence-electron chi connectivity index (χ1n) is 6.09. The molecule has 0 heterocycles. The molecule has 100 valence electrons. The van der Waals surface area contributed by atoms with Gasteiger partial charge >= 0.3 is 5.97 Å². The Bertz CT molecular complexity index is 383. The molecule has 0 aliphatic heterocycles. The maximum Gasteiger partial charge on any atom is 0.331 e. The Labute approximate surface area is 113 Å². The lowest BCUT2D eigenvalue weighted by Crippen LogP contribution is -2.48.